The van der Waals surface area contributed by atoms with Gasteiger partial charge in [0, 0.05) is 18.9 Å². The average Bonchev–Trinajstić information content (AvgIpc) is 2.15. The Kier molecular flexibility index (Phi) is 3.47. The van der Waals surface area contributed by atoms with E-state index in [4.69, 9.17) is 9.47 Å². The van der Waals surface area contributed by atoms with Crippen LogP contribution in [-0.4, -0.2) is 23.7 Å². The normalized spacial score (nSPS) is 9.83. The van der Waals surface area contributed by atoms with Gasteiger partial charge in [-0.2, -0.15) is 4.98 Å². The van der Waals surface area contributed by atoms with Gasteiger partial charge < -0.3 is 9.47 Å². The molecule has 1 aromatic heterocycles. The minimum atomic E-state index is 0.438. The molecule has 0 N–H and O–H groups in total. The number of rotatable bonds is 4. The van der Waals surface area contributed by atoms with Crippen LogP contribution in [-0.2, 0) is 11.3 Å². The molecular weight excluding hydrogens is 156 g/mol. The molecule has 0 aliphatic carbocycles. The van der Waals surface area contributed by atoms with Gasteiger partial charge in [0.1, 0.15) is 6.61 Å². The molecule has 1 aromatic rings. The average molecular weight is 168 g/mol. The molecular formula is C8H12N2O2. The Morgan fingerprint density at radius 2 is 2.33 bits per heavy atom. The van der Waals surface area contributed by atoms with Crippen LogP contribution in [0.1, 0.15) is 12.7 Å². The molecule has 0 amide bonds. The van der Waals surface area contributed by atoms with Crippen molar-refractivity contribution in [2.24, 2.45) is 0 Å². The van der Waals surface area contributed by atoms with Crippen LogP contribution in [0.15, 0.2) is 12.3 Å². The molecule has 0 saturated carbocycles. The summed E-state index contributed by atoms with van der Waals surface area (Å²) in [4.78, 5) is 8.08. The summed E-state index contributed by atoms with van der Waals surface area (Å²) in [6, 6.07) is 1.70. The molecule has 0 aliphatic rings. The molecule has 4 heteroatoms. The molecule has 0 saturated heterocycles. The van der Waals surface area contributed by atoms with Crippen molar-refractivity contribution >= 4 is 0 Å². The molecule has 1 rings (SSSR count). The molecule has 12 heavy (non-hydrogen) atoms. The van der Waals surface area contributed by atoms with Crippen LogP contribution in [0.2, 0.25) is 0 Å². The fraction of sp³-hybridized carbons (Fsp3) is 0.500. The van der Waals surface area contributed by atoms with E-state index in [1.165, 1.54) is 0 Å². The third-order valence-electron chi connectivity index (χ3n) is 1.32. The summed E-state index contributed by atoms with van der Waals surface area (Å²) in [7, 11) is 1.58. The predicted octanol–water partition coefficient (Wildman–Crippen LogP) is 1.02. The number of hydrogen-bond donors (Lipinski definition) is 0. The first-order valence-electron chi connectivity index (χ1n) is 3.80. The molecule has 0 fully saturated rings. The fourth-order valence-electron chi connectivity index (χ4n) is 0.757. The zero-order valence-corrected chi connectivity index (χ0v) is 7.28. The SMILES string of the molecule is CCOCc1nccc(OC)n1. The number of methoxy groups -OCH3 is 1. The first-order valence-corrected chi connectivity index (χ1v) is 3.80. The van der Waals surface area contributed by atoms with Crippen molar-refractivity contribution in [1.82, 2.24) is 9.97 Å². The van der Waals surface area contributed by atoms with Gasteiger partial charge in [0.15, 0.2) is 5.82 Å². The topological polar surface area (TPSA) is 44.2 Å². The maximum atomic E-state index is 5.14. The highest BCUT2D eigenvalue weighted by atomic mass is 16.5. The van der Waals surface area contributed by atoms with Gasteiger partial charge in [-0.05, 0) is 6.92 Å². The van der Waals surface area contributed by atoms with Gasteiger partial charge in [-0.15, -0.1) is 0 Å². The van der Waals surface area contributed by atoms with E-state index in [0.29, 0.717) is 24.9 Å². The van der Waals surface area contributed by atoms with Crippen molar-refractivity contribution in [2.45, 2.75) is 13.5 Å². The molecule has 66 valence electrons. The quantitative estimate of drug-likeness (QED) is 0.673. The number of nitrogens with zero attached hydrogens (tertiary/aromatic N) is 2. The molecule has 0 unspecified atom stereocenters. The summed E-state index contributed by atoms with van der Waals surface area (Å²) in [5.74, 6) is 1.22. The summed E-state index contributed by atoms with van der Waals surface area (Å²) in [6.45, 7) is 3.04. The number of ether oxygens (including phenoxy) is 2. The lowest BCUT2D eigenvalue weighted by Gasteiger charge is -2.01. The van der Waals surface area contributed by atoms with Crippen LogP contribution in [0.5, 0.6) is 5.88 Å². The highest BCUT2D eigenvalue weighted by Crippen LogP contribution is 2.03. The predicted molar refractivity (Wildman–Crippen MR) is 43.9 cm³/mol. The summed E-state index contributed by atoms with van der Waals surface area (Å²) in [5.41, 5.74) is 0. The molecule has 0 aromatic carbocycles. The van der Waals surface area contributed by atoms with Gasteiger partial charge >= 0.3 is 0 Å². The van der Waals surface area contributed by atoms with E-state index < -0.39 is 0 Å². The zero-order chi connectivity index (χ0) is 8.81. The monoisotopic (exact) mass is 168 g/mol. The molecule has 4 nitrogen and oxygen atoms in total. The molecule has 0 radical (unpaired) electrons. The molecule has 0 aliphatic heterocycles. The van der Waals surface area contributed by atoms with Gasteiger partial charge in [0.25, 0.3) is 0 Å². The molecule has 1 heterocycles. The van der Waals surface area contributed by atoms with Crippen molar-refractivity contribution in [3.63, 3.8) is 0 Å². The third kappa shape index (κ3) is 2.47. The van der Waals surface area contributed by atoms with Crippen molar-refractivity contribution in [3.05, 3.63) is 18.1 Å². The lowest BCUT2D eigenvalue weighted by molar-refractivity contribution is 0.127. The second-order valence-electron chi connectivity index (χ2n) is 2.15. The lowest BCUT2D eigenvalue weighted by Crippen LogP contribution is -1.99. The number of aromatic nitrogens is 2. The van der Waals surface area contributed by atoms with E-state index in [1.807, 2.05) is 6.92 Å². The Bertz CT molecular complexity index is 240. The minimum absolute atomic E-state index is 0.438. The Morgan fingerprint density at radius 1 is 1.50 bits per heavy atom. The van der Waals surface area contributed by atoms with E-state index in [9.17, 15) is 0 Å². The first-order chi connectivity index (χ1) is 5.86. The van der Waals surface area contributed by atoms with Crippen LogP contribution in [0.4, 0.5) is 0 Å². The second kappa shape index (κ2) is 4.66. The second-order valence-corrected chi connectivity index (χ2v) is 2.15. The summed E-state index contributed by atoms with van der Waals surface area (Å²) in [5, 5.41) is 0. The summed E-state index contributed by atoms with van der Waals surface area (Å²) >= 11 is 0. The Morgan fingerprint density at radius 3 is 3.00 bits per heavy atom. The van der Waals surface area contributed by atoms with Gasteiger partial charge in [0.05, 0.1) is 7.11 Å². The zero-order valence-electron chi connectivity index (χ0n) is 7.28. The van der Waals surface area contributed by atoms with E-state index in [2.05, 4.69) is 9.97 Å². The van der Waals surface area contributed by atoms with E-state index >= 15 is 0 Å². The van der Waals surface area contributed by atoms with Gasteiger partial charge in [-0.25, -0.2) is 4.98 Å². The van der Waals surface area contributed by atoms with Crippen LogP contribution in [0, 0.1) is 0 Å². The maximum absolute atomic E-state index is 5.14. The van der Waals surface area contributed by atoms with E-state index in [1.54, 1.807) is 19.4 Å². The van der Waals surface area contributed by atoms with Gasteiger partial charge in [-0.1, -0.05) is 0 Å². The Labute approximate surface area is 71.6 Å². The third-order valence-corrected chi connectivity index (χ3v) is 1.32. The van der Waals surface area contributed by atoms with Crippen LogP contribution in [0.3, 0.4) is 0 Å². The van der Waals surface area contributed by atoms with Crippen molar-refractivity contribution in [3.8, 4) is 5.88 Å². The van der Waals surface area contributed by atoms with Crippen LogP contribution >= 0.6 is 0 Å². The highest BCUT2D eigenvalue weighted by Gasteiger charge is 1.97. The standard InChI is InChI=1S/C8H12N2O2/c1-3-12-6-7-9-5-4-8(10-7)11-2/h4-5H,3,6H2,1-2H3. The van der Waals surface area contributed by atoms with E-state index in [0.717, 1.165) is 0 Å². The summed E-state index contributed by atoms with van der Waals surface area (Å²) < 4.78 is 10.1. The van der Waals surface area contributed by atoms with Crippen molar-refractivity contribution in [1.29, 1.82) is 0 Å². The lowest BCUT2D eigenvalue weighted by atomic mass is 10.5. The van der Waals surface area contributed by atoms with Gasteiger partial charge in [0.2, 0.25) is 5.88 Å². The number of hydrogen-bond acceptors (Lipinski definition) is 4. The van der Waals surface area contributed by atoms with Crippen LogP contribution in [0.25, 0.3) is 0 Å². The highest BCUT2D eigenvalue weighted by molar-refractivity contribution is 5.07. The molecule has 0 spiro atoms. The Balaban J connectivity index is 2.60. The van der Waals surface area contributed by atoms with Gasteiger partial charge in [-0.3, -0.25) is 0 Å². The smallest absolute Gasteiger partial charge is 0.216 e. The van der Waals surface area contributed by atoms with Crippen LogP contribution < -0.4 is 4.74 Å². The minimum Gasteiger partial charge on any atom is -0.481 e. The first kappa shape index (κ1) is 8.93. The Hall–Kier alpha value is -1.16. The maximum Gasteiger partial charge on any atom is 0.216 e. The fourth-order valence-corrected chi connectivity index (χ4v) is 0.757. The molecule has 0 atom stereocenters. The van der Waals surface area contributed by atoms with Crippen molar-refractivity contribution in [2.75, 3.05) is 13.7 Å². The van der Waals surface area contributed by atoms with E-state index in [-0.39, 0.29) is 0 Å². The largest absolute Gasteiger partial charge is 0.481 e. The van der Waals surface area contributed by atoms with Crippen molar-refractivity contribution < 1.29 is 9.47 Å². The molecule has 0 bridgehead atoms. The summed E-state index contributed by atoms with van der Waals surface area (Å²) in [6.07, 6.45) is 1.65.